The molecule has 3 N–H and O–H groups in total. The van der Waals surface area contributed by atoms with Gasteiger partial charge in [-0.1, -0.05) is 30.3 Å². The van der Waals surface area contributed by atoms with Crippen molar-refractivity contribution in [3.05, 3.63) is 60.2 Å². The van der Waals surface area contributed by atoms with Crippen molar-refractivity contribution in [2.24, 2.45) is 0 Å². The maximum absolute atomic E-state index is 10.5. The van der Waals surface area contributed by atoms with E-state index in [1.165, 1.54) is 0 Å². The fourth-order valence-corrected chi connectivity index (χ4v) is 1.96. The van der Waals surface area contributed by atoms with Crippen molar-refractivity contribution in [3.63, 3.8) is 0 Å². The Balaban J connectivity index is 1.94. The summed E-state index contributed by atoms with van der Waals surface area (Å²) >= 11 is 0. The van der Waals surface area contributed by atoms with E-state index in [2.05, 4.69) is 5.32 Å². The summed E-state index contributed by atoms with van der Waals surface area (Å²) in [7, 11) is 0. The molecule has 0 fully saturated rings. The van der Waals surface area contributed by atoms with Gasteiger partial charge >= 0.3 is 5.97 Å². The van der Waals surface area contributed by atoms with Gasteiger partial charge in [0, 0.05) is 11.4 Å². The van der Waals surface area contributed by atoms with Crippen molar-refractivity contribution in [2.45, 2.75) is 18.9 Å². The number of aliphatic carboxylic acids is 1. The van der Waals surface area contributed by atoms with Gasteiger partial charge in [-0.3, -0.25) is 4.79 Å². The number of carboxylic acid groups (broad SMARTS) is 1. The Hall–Kier alpha value is -2.33. The monoisotopic (exact) mass is 271 g/mol. The quantitative estimate of drug-likeness (QED) is 0.755. The number of anilines is 2. The number of rotatable bonds is 6. The lowest BCUT2D eigenvalue weighted by Crippen LogP contribution is -2.15. The minimum atomic E-state index is -0.986. The Kier molecular flexibility index (Phi) is 4.74. The fourth-order valence-electron chi connectivity index (χ4n) is 1.96. The zero-order valence-corrected chi connectivity index (χ0v) is 11.0. The third kappa shape index (κ3) is 4.40. The van der Waals surface area contributed by atoms with Crippen molar-refractivity contribution < 1.29 is 15.0 Å². The van der Waals surface area contributed by atoms with Gasteiger partial charge in [-0.15, -0.1) is 0 Å². The summed E-state index contributed by atoms with van der Waals surface area (Å²) in [6.45, 7) is 0. The molecule has 2 aromatic rings. The first-order valence-corrected chi connectivity index (χ1v) is 6.44. The minimum absolute atomic E-state index is 0.232. The van der Waals surface area contributed by atoms with Gasteiger partial charge in [-0.2, -0.15) is 0 Å². The molecule has 0 heterocycles. The lowest BCUT2D eigenvalue weighted by molar-refractivity contribution is -0.139. The molecule has 4 heteroatoms. The van der Waals surface area contributed by atoms with Crippen LogP contribution < -0.4 is 5.32 Å². The maximum Gasteiger partial charge on any atom is 0.305 e. The van der Waals surface area contributed by atoms with Crippen LogP contribution in [0, 0.1) is 0 Å². The number of nitrogens with one attached hydrogen (secondary N) is 1. The van der Waals surface area contributed by atoms with Gasteiger partial charge in [-0.25, -0.2) is 0 Å². The molecule has 0 aliphatic carbocycles. The molecule has 0 saturated heterocycles. The van der Waals surface area contributed by atoms with E-state index in [1.807, 2.05) is 54.6 Å². The second kappa shape index (κ2) is 6.73. The third-order valence-electron chi connectivity index (χ3n) is 2.90. The Morgan fingerprint density at radius 1 is 1.00 bits per heavy atom. The van der Waals surface area contributed by atoms with E-state index in [9.17, 15) is 9.90 Å². The van der Waals surface area contributed by atoms with E-state index in [0.29, 0.717) is 6.42 Å². The topological polar surface area (TPSA) is 69.6 Å². The largest absolute Gasteiger partial charge is 0.481 e. The fraction of sp³-hybridized carbons (Fsp3) is 0.188. The highest BCUT2D eigenvalue weighted by Crippen LogP contribution is 2.17. The van der Waals surface area contributed by atoms with E-state index in [1.54, 1.807) is 0 Å². The molecule has 20 heavy (non-hydrogen) atoms. The van der Waals surface area contributed by atoms with Crippen LogP contribution in [0.2, 0.25) is 0 Å². The Morgan fingerprint density at radius 2 is 1.60 bits per heavy atom. The molecule has 0 aliphatic heterocycles. The molecule has 0 amide bonds. The lowest BCUT2D eigenvalue weighted by atomic mass is 10.1. The van der Waals surface area contributed by atoms with Crippen LogP contribution in [0.1, 0.15) is 12.0 Å². The molecule has 2 aromatic carbocycles. The number of para-hydroxylation sites is 1. The summed E-state index contributed by atoms with van der Waals surface area (Å²) in [6, 6.07) is 17.4. The molecule has 1 atom stereocenters. The first-order valence-electron chi connectivity index (χ1n) is 6.44. The molecular formula is C16H17NO3. The Labute approximate surface area is 117 Å². The SMILES string of the molecule is O=C(O)CC(O)Cc1ccc(Nc2ccccc2)cc1. The Bertz CT molecular complexity index is 552. The highest BCUT2D eigenvalue weighted by Gasteiger charge is 2.10. The first kappa shape index (κ1) is 14.1. The molecule has 0 aliphatic rings. The summed E-state index contributed by atoms with van der Waals surface area (Å²) in [6.07, 6.45) is -0.734. The molecule has 0 saturated carbocycles. The van der Waals surface area contributed by atoms with E-state index in [0.717, 1.165) is 16.9 Å². The van der Waals surface area contributed by atoms with Crippen LogP contribution in [0.4, 0.5) is 11.4 Å². The second-order valence-electron chi connectivity index (χ2n) is 4.64. The number of carboxylic acids is 1. The van der Waals surface area contributed by atoms with Crippen LogP contribution in [0.15, 0.2) is 54.6 Å². The van der Waals surface area contributed by atoms with Gasteiger partial charge in [-0.05, 0) is 36.2 Å². The van der Waals surface area contributed by atoms with Gasteiger partial charge < -0.3 is 15.5 Å². The van der Waals surface area contributed by atoms with E-state index in [-0.39, 0.29) is 6.42 Å². The van der Waals surface area contributed by atoms with Crippen LogP contribution in [0.25, 0.3) is 0 Å². The van der Waals surface area contributed by atoms with Crippen LogP contribution in [-0.4, -0.2) is 22.3 Å². The smallest absolute Gasteiger partial charge is 0.305 e. The van der Waals surface area contributed by atoms with Crippen molar-refractivity contribution in [2.75, 3.05) is 5.32 Å². The second-order valence-corrected chi connectivity index (χ2v) is 4.64. The van der Waals surface area contributed by atoms with Gasteiger partial charge in [0.05, 0.1) is 12.5 Å². The molecule has 0 spiro atoms. The van der Waals surface area contributed by atoms with Crippen molar-refractivity contribution in [3.8, 4) is 0 Å². The molecule has 1 unspecified atom stereocenters. The van der Waals surface area contributed by atoms with Gasteiger partial charge in [0.2, 0.25) is 0 Å². The van der Waals surface area contributed by atoms with Crippen molar-refractivity contribution >= 4 is 17.3 Å². The molecule has 2 rings (SSSR count). The highest BCUT2D eigenvalue weighted by molar-refractivity contribution is 5.67. The normalized spacial score (nSPS) is 11.8. The van der Waals surface area contributed by atoms with Crippen molar-refractivity contribution in [1.82, 2.24) is 0 Å². The van der Waals surface area contributed by atoms with Gasteiger partial charge in [0.1, 0.15) is 0 Å². The molecule has 104 valence electrons. The summed E-state index contributed by atoms with van der Waals surface area (Å²) in [5, 5.41) is 21.4. The van der Waals surface area contributed by atoms with Gasteiger partial charge in [0.15, 0.2) is 0 Å². The molecule has 4 nitrogen and oxygen atoms in total. The molecule has 0 radical (unpaired) electrons. The summed E-state index contributed by atoms with van der Waals surface area (Å²) < 4.78 is 0. The minimum Gasteiger partial charge on any atom is -0.481 e. The van der Waals surface area contributed by atoms with Crippen LogP contribution in [-0.2, 0) is 11.2 Å². The maximum atomic E-state index is 10.5. The van der Waals surface area contributed by atoms with E-state index < -0.39 is 12.1 Å². The molecule has 0 aromatic heterocycles. The first-order chi connectivity index (χ1) is 9.63. The number of aliphatic hydroxyl groups excluding tert-OH is 1. The predicted octanol–water partition coefficient (Wildman–Crippen LogP) is 2.81. The summed E-state index contributed by atoms with van der Waals surface area (Å²) in [5.41, 5.74) is 2.87. The molecule has 0 bridgehead atoms. The van der Waals surface area contributed by atoms with E-state index >= 15 is 0 Å². The number of carbonyl (C=O) groups is 1. The highest BCUT2D eigenvalue weighted by atomic mass is 16.4. The van der Waals surface area contributed by atoms with Gasteiger partial charge in [0.25, 0.3) is 0 Å². The number of hydrogen-bond donors (Lipinski definition) is 3. The standard InChI is InChI=1S/C16H17NO3/c18-15(11-16(19)20)10-12-6-8-14(9-7-12)17-13-4-2-1-3-5-13/h1-9,15,17-18H,10-11H2,(H,19,20). The third-order valence-corrected chi connectivity index (χ3v) is 2.90. The van der Waals surface area contributed by atoms with Crippen LogP contribution in [0.3, 0.4) is 0 Å². The zero-order valence-electron chi connectivity index (χ0n) is 11.0. The predicted molar refractivity (Wildman–Crippen MR) is 78.1 cm³/mol. The average Bonchev–Trinajstić information content (AvgIpc) is 2.41. The molecular weight excluding hydrogens is 254 g/mol. The zero-order chi connectivity index (χ0) is 14.4. The number of hydrogen-bond acceptors (Lipinski definition) is 3. The average molecular weight is 271 g/mol. The number of aliphatic hydroxyl groups is 1. The Morgan fingerprint density at radius 3 is 2.20 bits per heavy atom. The number of benzene rings is 2. The summed E-state index contributed by atoms with van der Waals surface area (Å²) in [4.78, 5) is 10.5. The van der Waals surface area contributed by atoms with E-state index in [4.69, 9.17) is 5.11 Å². The van der Waals surface area contributed by atoms with Crippen LogP contribution >= 0.6 is 0 Å². The van der Waals surface area contributed by atoms with Crippen molar-refractivity contribution in [1.29, 1.82) is 0 Å². The van der Waals surface area contributed by atoms with Crippen LogP contribution in [0.5, 0.6) is 0 Å². The lowest BCUT2D eigenvalue weighted by Gasteiger charge is -2.10. The summed E-state index contributed by atoms with van der Waals surface area (Å²) in [5.74, 6) is -0.986.